The first kappa shape index (κ1) is 17.2. The summed E-state index contributed by atoms with van der Waals surface area (Å²) in [6.45, 7) is 1.58. The van der Waals surface area contributed by atoms with Crippen molar-refractivity contribution in [2.24, 2.45) is 0 Å². The zero-order chi connectivity index (χ0) is 17.1. The zero-order valence-electron chi connectivity index (χ0n) is 13.5. The number of nitrogens with zero attached hydrogens (tertiary/aromatic N) is 2. The van der Waals surface area contributed by atoms with Crippen LogP contribution in [-0.4, -0.2) is 55.6 Å². The van der Waals surface area contributed by atoms with Crippen LogP contribution in [0.5, 0.6) is 0 Å². The third kappa shape index (κ3) is 3.72. The Hall–Kier alpha value is -1.60. The predicted molar refractivity (Wildman–Crippen MR) is 94.7 cm³/mol. The van der Waals surface area contributed by atoms with Gasteiger partial charge in [0.25, 0.3) is 0 Å². The molecule has 0 unspecified atom stereocenters. The fourth-order valence-corrected chi connectivity index (χ4v) is 4.33. The molecule has 2 amide bonds. The van der Waals surface area contributed by atoms with E-state index in [1.54, 1.807) is 18.8 Å². The number of ether oxygens (including phenoxy) is 1. The lowest BCUT2D eigenvalue weighted by molar-refractivity contribution is -0.131. The van der Waals surface area contributed by atoms with Gasteiger partial charge in [0, 0.05) is 33.0 Å². The Morgan fingerprint density at radius 1 is 1.38 bits per heavy atom. The van der Waals surface area contributed by atoms with Gasteiger partial charge in [-0.25, -0.2) is 4.79 Å². The van der Waals surface area contributed by atoms with Crippen molar-refractivity contribution in [3.8, 4) is 0 Å². The second-order valence-corrected chi connectivity index (χ2v) is 7.16. The van der Waals surface area contributed by atoms with Gasteiger partial charge in [0.2, 0.25) is 5.91 Å². The number of likely N-dealkylation sites (tertiary alicyclic amines) is 1. The number of halogens is 1. The van der Waals surface area contributed by atoms with E-state index >= 15 is 0 Å². The summed E-state index contributed by atoms with van der Waals surface area (Å²) in [4.78, 5) is 28.7. The summed E-state index contributed by atoms with van der Waals surface area (Å²) in [6.07, 6.45) is 0.824. The van der Waals surface area contributed by atoms with Gasteiger partial charge in [0.05, 0.1) is 28.0 Å². The normalized spacial score (nSPS) is 17.6. The lowest BCUT2D eigenvalue weighted by atomic mass is 10.1. The summed E-state index contributed by atoms with van der Waals surface area (Å²) in [6, 6.07) is 5.78. The fourth-order valence-electron chi connectivity index (χ4n) is 2.93. The monoisotopic (exact) mass is 369 g/mol. The topological polar surface area (TPSA) is 61.9 Å². The largest absolute Gasteiger partial charge is 0.446 e. The molecule has 24 heavy (non-hydrogen) atoms. The number of fused-ring (bicyclic) bond motifs is 1. The third-order valence-electron chi connectivity index (χ3n) is 4.25. The number of anilines is 1. The van der Waals surface area contributed by atoms with Crippen molar-refractivity contribution in [1.29, 1.82) is 0 Å². The summed E-state index contributed by atoms with van der Waals surface area (Å²) in [5.41, 5.74) is 1.03. The fraction of sp³-hybridized carbons (Fsp3) is 0.500. The molecule has 1 fully saturated rings. The Bertz CT molecular complexity index is 635. The molecule has 2 aliphatic heterocycles. The number of thioether (sulfide) groups is 1. The number of amides is 2. The van der Waals surface area contributed by atoms with Gasteiger partial charge in [-0.2, -0.15) is 0 Å². The molecule has 2 heterocycles. The van der Waals surface area contributed by atoms with Crippen molar-refractivity contribution in [2.45, 2.75) is 23.8 Å². The van der Waals surface area contributed by atoms with Gasteiger partial charge in [0.1, 0.15) is 6.10 Å². The standard InChI is InChI=1S/C16H20ClN3O3S/c1-18-16(22)23-11-5-7-19(8-6-11)14(21)9-20-10-24-15-12(17)3-2-4-13(15)20/h2-4,11H,5-10H2,1H3,(H,18,22). The first-order valence-electron chi connectivity index (χ1n) is 7.91. The van der Waals surface area contributed by atoms with Crippen molar-refractivity contribution >= 4 is 41.1 Å². The maximum absolute atomic E-state index is 12.6. The van der Waals surface area contributed by atoms with Crippen molar-refractivity contribution in [2.75, 3.05) is 37.5 Å². The van der Waals surface area contributed by atoms with E-state index in [4.69, 9.17) is 16.3 Å². The number of rotatable bonds is 3. The van der Waals surface area contributed by atoms with Crippen LogP contribution in [-0.2, 0) is 9.53 Å². The van der Waals surface area contributed by atoms with Crippen LogP contribution in [0.3, 0.4) is 0 Å². The Balaban J connectivity index is 1.53. The number of carbonyl (C=O) groups is 2. The summed E-state index contributed by atoms with van der Waals surface area (Å²) in [7, 11) is 1.54. The number of hydrogen-bond donors (Lipinski definition) is 1. The summed E-state index contributed by atoms with van der Waals surface area (Å²) >= 11 is 7.86. The molecule has 1 aromatic rings. The molecule has 1 saturated heterocycles. The quantitative estimate of drug-likeness (QED) is 0.887. The molecule has 1 N–H and O–H groups in total. The predicted octanol–water partition coefficient (Wildman–Crippen LogP) is 2.56. The number of hydrogen-bond acceptors (Lipinski definition) is 5. The highest BCUT2D eigenvalue weighted by Crippen LogP contribution is 2.42. The molecule has 0 aliphatic carbocycles. The smallest absolute Gasteiger partial charge is 0.407 e. The average Bonchev–Trinajstić information content (AvgIpc) is 3.00. The van der Waals surface area contributed by atoms with Gasteiger partial charge in [-0.05, 0) is 12.1 Å². The van der Waals surface area contributed by atoms with Crippen LogP contribution in [0.4, 0.5) is 10.5 Å². The second-order valence-electron chi connectivity index (χ2n) is 5.79. The average molecular weight is 370 g/mol. The van der Waals surface area contributed by atoms with E-state index in [2.05, 4.69) is 10.2 Å². The van der Waals surface area contributed by atoms with Gasteiger partial charge in [0.15, 0.2) is 0 Å². The van der Waals surface area contributed by atoms with Crippen LogP contribution < -0.4 is 10.2 Å². The number of carbonyl (C=O) groups excluding carboxylic acids is 2. The summed E-state index contributed by atoms with van der Waals surface area (Å²) < 4.78 is 5.25. The minimum absolute atomic E-state index is 0.0989. The first-order chi connectivity index (χ1) is 11.6. The molecule has 0 spiro atoms. The first-order valence-corrected chi connectivity index (χ1v) is 9.27. The van der Waals surface area contributed by atoms with Crippen molar-refractivity contribution in [3.05, 3.63) is 23.2 Å². The van der Waals surface area contributed by atoms with E-state index < -0.39 is 6.09 Å². The van der Waals surface area contributed by atoms with Gasteiger partial charge in [-0.15, -0.1) is 11.8 Å². The van der Waals surface area contributed by atoms with E-state index in [0.29, 0.717) is 32.5 Å². The number of nitrogens with one attached hydrogen (secondary N) is 1. The van der Waals surface area contributed by atoms with Gasteiger partial charge in [-0.1, -0.05) is 17.7 Å². The molecule has 130 valence electrons. The minimum atomic E-state index is -0.414. The summed E-state index contributed by atoms with van der Waals surface area (Å²) in [5.74, 6) is 0.836. The molecular weight excluding hydrogens is 350 g/mol. The van der Waals surface area contributed by atoms with Crippen molar-refractivity contribution < 1.29 is 14.3 Å². The Kier molecular flexibility index (Phi) is 5.40. The molecule has 1 aromatic carbocycles. The second kappa shape index (κ2) is 7.53. The lowest BCUT2D eigenvalue weighted by Crippen LogP contribution is -2.46. The molecule has 0 bridgehead atoms. The molecule has 0 aromatic heterocycles. The van der Waals surface area contributed by atoms with Crippen LogP contribution >= 0.6 is 23.4 Å². The summed E-state index contributed by atoms with van der Waals surface area (Å²) in [5, 5.41) is 3.18. The lowest BCUT2D eigenvalue weighted by Gasteiger charge is -2.32. The number of piperidine rings is 1. The zero-order valence-corrected chi connectivity index (χ0v) is 15.0. The highest BCUT2D eigenvalue weighted by atomic mass is 35.5. The Labute approximate surface area is 150 Å². The minimum Gasteiger partial charge on any atom is -0.446 e. The molecule has 8 heteroatoms. The maximum Gasteiger partial charge on any atom is 0.407 e. The Morgan fingerprint density at radius 3 is 2.83 bits per heavy atom. The van der Waals surface area contributed by atoms with E-state index in [9.17, 15) is 9.59 Å². The molecule has 6 nitrogen and oxygen atoms in total. The maximum atomic E-state index is 12.6. The Morgan fingerprint density at radius 2 is 2.12 bits per heavy atom. The molecule has 2 aliphatic rings. The van der Waals surface area contributed by atoms with Gasteiger partial charge in [-0.3, -0.25) is 4.79 Å². The van der Waals surface area contributed by atoms with Crippen molar-refractivity contribution in [1.82, 2.24) is 10.2 Å². The van der Waals surface area contributed by atoms with Crippen LogP contribution in [0.25, 0.3) is 0 Å². The van der Waals surface area contributed by atoms with Crippen molar-refractivity contribution in [3.63, 3.8) is 0 Å². The SMILES string of the molecule is CNC(=O)OC1CCN(C(=O)CN2CSc3c(Cl)cccc32)CC1. The third-order valence-corrected chi connectivity index (χ3v) is 5.84. The number of benzene rings is 1. The molecular formula is C16H20ClN3O3S. The van der Waals surface area contributed by atoms with E-state index in [0.717, 1.165) is 21.5 Å². The molecule has 0 saturated carbocycles. The highest BCUT2D eigenvalue weighted by Gasteiger charge is 2.28. The van der Waals surface area contributed by atoms with Crippen LogP contribution in [0.2, 0.25) is 5.02 Å². The van der Waals surface area contributed by atoms with Gasteiger partial charge >= 0.3 is 6.09 Å². The van der Waals surface area contributed by atoms with E-state index in [1.807, 2.05) is 23.1 Å². The van der Waals surface area contributed by atoms with Gasteiger partial charge < -0.3 is 19.9 Å². The molecule has 0 atom stereocenters. The number of alkyl carbamates (subject to hydrolysis) is 1. The molecule has 3 rings (SSSR count). The van der Waals surface area contributed by atoms with E-state index in [-0.39, 0.29) is 12.0 Å². The highest BCUT2D eigenvalue weighted by molar-refractivity contribution is 8.00. The molecule has 0 radical (unpaired) electrons. The van der Waals surface area contributed by atoms with Crippen LogP contribution in [0, 0.1) is 0 Å². The van der Waals surface area contributed by atoms with Crippen LogP contribution in [0.15, 0.2) is 23.1 Å². The van der Waals surface area contributed by atoms with E-state index in [1.165, 1.54) is 0 Å². The van der Waals surface area contributed by atoms with Crippen LogP contribution in [0.1, 0.15) is 12.8 Å².